The molecule has 0 N–H and O–H groups in total. The highest BCUT2D eigenvalue weighted by atomic mass is 32.2. The third kappa shape index (κ3) is 3.92. The van der Waals surface area contributed by atoms with E-state index in [1.807, 2.05) is 11.8 Å². The van der Waals surface area contributed by atoms with Gasteiger partial charge in [0.05, 0.1) is 0 Å². The average Bonchev–Trinajstić information content (AvgIpc) is 3.46. The minimum Gasteiger partial charge on any atom is -0.117 e. The molecule has 0 radical (unpaired) electrons. The minimum absolute atomic E-state index is 0.352. The van der Waals surface area contributed by atoms with E-state index in [-0.39, 0.29) is 0 Å². The Bertz CT molecular complexity index is 2210. The molecule has 0 nitrogen and oxygen atoms in total. The molecular weight excluding hydrogens is 537 g/mol. The van der Waals surface area contributed by atoms with Crippen LogP contribution in [0.15, 0.2) is 163 Å². The molecule has 0 bridgehead atoms. The highest BCUT2D eigenvalue weighted by Gasteiger charge is 2.37. The summed E-state index contributed by atoms with van der Waals surface area (Å²) in [5.41, 5.74) is 9.30. The summed E-state index contributed by atoms with van der Waals surface area (Å²) in [4.78, 5) is 1.41. The van der Waals surface area contributed by atoms with Crippen LogP contribution in [0.2, 0.25) is 0 Å². The van der Waals surface area contributed by atoms with Crippen LogP contribution in [0.25, 0.3) is 60.1 Å². The van der Waals surface area contributed by atoms with Gasteiger partial charge in [-0.2, -0.15) is 0 Å². The third-order valence-corrected chi connectivity index (χ3v) is 10.6. The molecule has 0 saturated carbocycles. The molecule has 0 amide bonds. The van der Waals surface area contributed by atoms with Gasteiger partial charge in [-0.05, 0) is 83.4 Å². The van der Waals surface area contributed by atoms with E-state index in [9.17, 15) is 0 Å². The van der Waals surface area contributed by atoms with E-state index < -0.39 is 0 Å². The Morgan fingerprint density at radius 3 is 1.79 bits per heavy atom. The van der Waals surface area contributed by atoms with Crippen LogP contribution in [0.4, 0.5) is 0 Å². The number of fused-ring (bicyclic) bond motifs is 6. The molecule has 9 rings (SSSR count). The summed E-state index contributed by atoms with van der Waals surface area (Å²) in [6.45, 7) is 0. The number of allylic oxidation sites excluding steroid dienone is 3. The van der Waals surface area contributed by atoms with Gasteiger partial charge in [0.15, 0.2) is 0 Å². The van der Waals surface area contributed by atoms with Crippen LogP contribution in [-0.4, -0.2) is 5.25 Å². The van der Waals surface area contributed by atoms with E-state index in [4.69, 9.17) is 0 Å². The Labute approximate surface area is 256 Å². The van der Waals surface area contributed by atoms with Gasteiger partial charge in [0, 0.05) is 16.1 Å². The van der Waals surface area contributed by atoms with Crippen LogP contribution in [0.3, 0.4) is 0 Å². The van der Waals surface area contributed by atoms with Crippen molar-refractivity contribution in [3.63, 3.8) is 0 Å². The first-order valence-electron chi connectivity index (χ1n) is 15.0. The second kappa shape index (κ2) is 9.87. The van der Waals surface area contributed by atoms with Crippen molar-refractivity contribution in [2.24, 2.45) is 0 Å². The molecule has 202 valence electrons. The maximum absolute atomic E-state index is 2.38. The van der Waals surface area contributed by atoms with Crippen molar-refractivity contribution in [1.29, 1.82) is 0 Å². The zero-order chi connectivity index (χ0) is 28.3. The molecule has 0 fully saturated rings. The zero-order valence-electron chi connectivity index (χ0n) is 23.6. The zero-order valence-corrected chi connectivity index (χ0v) is 24.4. The molecule has 43 heavy (non-hydrogen) atoms. The summed E-state index contributed by atoms with van der Waals surface area (Å²) < 4.78 is 0. The predicted octanol–water partition coefficient (Wildman–Crippen LogP) is 11.7. The summed E-state index contributed by atoms with van der Waals surface area (Å²) in [5.74, 6) is 0.352. The van der Waals surface area contributed by atoms with E-state index >= 15 is 0 Å². The molecule has 1 heteroatoms. The van der Waals surface area contributed by atoms with E-state index in [0.29, 0.717) is 11.2 Å². The van der Waals surface area contributed by atoms with Crippen LogP contribution in [0, 0.1) is 0 Å². The fraction of sp³-hybridized carbons (Fsp3) is 0.0476. The molecule has 1 aliphatic carbocycles. The molecule has 2 unspecified atom stereocenters. The normalized spacial score (nSPS) is 17.3. The lowest BCUT2D eigenvalue weighted by molar-refractivity contribution is 0.904. The molecule has 0 saturated heterocycles. The molecule has 7 aromatic carbocycles. The number of benzene rings is 7. The van der Waals surface area contributed by atoms with Gasteiger partial charge in [-0.25, -0.2) is 0 Å². The van der Waals surface area contributed by atoms with Gasteiger partial charge in [0.25, 0.3) is 0 Å². The second-order valence-electron chi connectivity index (χ2n) is 11.6. The van der Waals surface area contributed by atoms with Crippen LogP contribution in [-0.2, 0) is 0 Å². The smallest absolute Gasteiger partial charge is 0.0387 e. The van der Waals surface area contributed by atoms with Crippen LogP contribution in [0.5, 0.6) is 0 Å². The van der Waals surface area contributed by atoms with Crippen molar-refractivity contribution in [3.05, 3.63) is 169 Å². The monoisotopic (exact) mass is 564 g/mol. The summed E-state index contributed by atoms with van der Waals surface area (Å²) >= 11 is 2.00. The summed E-state index contributed by atoms with van der Waals surface area (Å²) in [6.07, 6.45) is 7.03. The predicted molar refractivity (Wildman–Crippen MR) is 186 cm³/mol. The quantitative estimate of drug-likeness (QED) is 0.192. The van der Waals surface area contributed by atoms with Crippen molar-refractivity contribution in [1.82, 2.24) is 0 Å². The fourth-order valence-corrected chi connectivity index (χ4v) is 8.67. The Hall–Kier alpha value is -4.85. The first-order valence-corrected chi connectivity index (χ1v) is 15.9. The van der Waals surface area contributed by atoms with Gasteiger partial charge in [0.1, 0.15) is 0 Å². The fourth-order valence-electron chi connectivity index (χ4n) is 7.29. The Kier molecular flexibility index (Phi) is 5.67. The van der Waals surface area contributed by atoms with Crippen molar-refractivity contribution in [2.45, 2.75) is 16.1 Å². The summed E-state index contributed by atoms with van der Waals surface area (Å²) in [7, 11) is 0. The SMILES string of the molecule is C1=CC2Sc3ccccc3C2C(c2c3ccccc3c(-c3ccc(-c4ccc5ccccc5c4)cc3)c3ccccc23)=C1. The Morgan fingerprint density at radius 1 is 0.465 bits per heavy atom. The highest BCUT2D eigenvalue weighted by molar-refractivity contribution is 8.00. The summed E-state index contributed by atoms with van der Waals surface area (Å²) in [5, 5.41) is 8.23. The van der Waals surface area contributed by atoms with Gasteiger partial charge in [-0.3, -0.25) is 0 Å². The molecule has 0 aromatic heterocycles. The van der Waals surface area contributed by atoms with Crippen molar-refractivity contribution < 1.29 is 0 Å². The topological polar surface area (TPSA) is 0 Å². The molecule has 1 aliphatic heterocycles. The second-order valence-corrected chi connectivity index (χ2v) is 12.8. The third-order valence-electron chi connectivity index (χ3n) is 9.23. The maximum Gasteiger partial charge on any atom is 0.0387 e. The van der Waals surface area contributed by atoms with E-state index in [2.05, 4.69) is 158 Å². The Balaban J connectivity index is 1.23. The lowest BCUT2D eigenvalue weighted by Gasteiger charge is -2.27. The molecule has 2 aliphatic rings. The molecule has 7 aromatic rings. The number of hydrogen-bond acceptors (Lipinski definition) is 1. The summed E-state index contributed by atoms with van der Waals surface area (Å²) in [6, 6.07) is 51.5. The highest BCUT2D eigenvalue weighted by Crippen LogP contribution is 2.55. The number of thioether (sulfide) groups is 1. The maximum atomic E-state index is 2.38. The van der Waals surface area contributed by atoms with Gasteiger partial charge in [0.2, 0.25) is 0 Å². The lowest BCUT2D eigenvalue weighted by atomic mass is 9.77. The lowest BCUT2D eigenvalue weighted by Crippen LogP contribution is -2.13. The van der Waals surface area contributed by atoms with Crippen LogP contribution >= 0.6 is 11.8 Å². The van der Waals surface area contributed by atoms with Crippen LogP contribution in [0.1, 0.15) is 17.0 Å². The van der Waals surface area contributed by atoms with Gasteiger partial charge in [-0.15, -0.1) is 11.8 Å². The molecule has 1 heterocycles. The number of rotatable bonds is 3. The van der Waals surface area contributed by atoms with Gasteiger partial charge in [-0.1, -0.05) is 146 Å². The van der Waals surface area contributed by atoms with E-state index in [0.717, 1.165) is 0 Å². The molecular formula is C42H28S. The molecule has 0 spiro atoms. The van der Waals surface area contributed by atoms with Crippen LogP contribution < -0.4 is 0 Å². The largest absolute Gasteiger partial charge is 0.117 e. The average molecular weight is 565 g/mol. The van der Waals surface area contributed by atoms with Gasteiger partial charge < -0.3 is 0 Å². The van der Waals surface area contributed by atoms with Crippen molar-refractivity contribution in [3.8, 4) is 22.3 Å². The van der Waals surface area contributed by atoms with Crippen molar-refractivity contribution in [2.75, 3.05) is 0 Å². The minimum atomic E-state index is 0.352. The van der Waals surface area contributed by atoms with E-state index in [1.54, 1.807) is 0 Å². The number of hydrogen-bond donors (Lipinski definition) is 0. The van der Waals surface area contributed by atoms with Gasteiger partial charge >= 0.3 is 0 Å². The van der Waals surface area contributed by atoms with E-state index in [1.165, 1.54) is 76.2 Å². The molecule has 2 atom stereocenters. The first kappa shape index (κ1) is 24.7. The Morgan fingerprint density at radius 2 is 1.05 bits per heavy atom. The first-order chi connectivity index (χ1) is 21.3. The standard InChI is InChI=1S/C42H28S/c1-2-11-30-26-31(25-22-27(30)10-1)28-20-23-29(24-21-28)40-32-12-3-5-14-34(32)41(35-15-6-4-13-33(35)40)37-17-9-19-39-42(37)36-16-7-8-18-38(36)43-39/h1-26,39,42H. The van der Waals surface area contributed by atoms with Crippen molar-refractivity contribution >= 4 is 49.7 Å².